The molecule has 1 aliphatic heterocycles. The van der Waals surface area contributed by atoms with E-state index in [4.69, 9.17) is 9.47 Å². The Kier molecular flexibility index (Phi) is 10.3. The molecule has 0 aliphatic carbocycles. The molecule has 212 valence electrons. The number of ether oxygens (including phenoxy) is 2. The van der Waals surface area contributed by atoms with E-state index < -0.39 is 42.9 Å². The number of amides is 1. The molecule has 1 aromatic carbocycles. The Morgan fingerprint density at radius 1 is 1.11 bits per heavy atom. The summed E-state index contributed by atoms with van der Waals surface area (Å²) in [6.07, 6.45) is -4.68. The summed E-state index contributed by atoms with van der Waals surface area (Å²) in [6, 6.07) is 8.02. The molecule has 3 rings (SSSR count). The van der Waals surface area contributed by atoms with E-state index in [1.165, 1.54) is 0 Å². The number of aliphatic hydroxyl groups excluding tert-OH is 5. The number of aryl methyl sites for hydroxylation is 1. The fraction of sp³-hybridized carbons (Fsp3) is 0.630. The molecule has 1 amide bonds. The number of nitrogens with one attached hydrogen (secondary N) is 2. The molecule has 11 heteroatoms. The number of carbonyl (C=O) groups is 1. The highest BCUT2D eigenvalue weighted by molar-refractivity contribution is 5.76. The van der Waals surface area contributed by atoms with E-state index in [0.29, 0.717) is 19.3 Å². The molecule has 1 saturated heterocycles. The minimum absolute atomic E-state index is 0.0891. The average Bonchev–Trinajstić information content (AvgIpc) is 3.27. The Bertz CT molecular complexity index is 1040. The third-order valence-electron chi connectivity index (χ3n) is 6.66. The van der Waals surface area contributed by atoms with Gasteiger partial charge in [-0.2, -0.15) is 0 Å². The van der Waals surface area contributed by atoms with Crippen LogP contribution in [0.25, 0.3) is 0 Å². The Morgan fingerprint density at radius 2 is 1.76 bits per heavy atom. The van der Waals surface area contributed by atoms with E-state index in [1.807, 2.05) is 38.1 Å². The van der Waals surface area contributed by atoms with Crippen molar-refractivity contribution in [3.8, 4) is 5.88 Å². The van der Waals surface area contributed by atoms with Crippen molar-refractivity contribution in [3.05, 3.63) is 46.6 Å². The predicted octanol–water partition coefficient (Wildman–Crippen LogP) is 0.512. The van der Waals surface area contributed by atoms with Crippen molar-refractivity contribution >= 4 is 5.91 Å². The van der Waals surface area contributed by atoms with Crippen LogP contribution in [0.5, 0.6) is 5.88 Å². The van der Waals surface area contributed by atoms with Crippen LogP contribution < -0.4 is 10.1 Å². The van der Waals surface area contributed by atoms with Gasteiger partial charge in [-0.15, -0.1) is 5.10 Å². The summed E-state index contributed by atoms with van der Waals surface area (Å²) in [4.78, 5) is 12.1. The normalized spacial score (nSPS) is 24.0. The molecular formula is C27H41N3O8. The second-order valence-corrected chi connectivity index (χ2v) is 10.8. The molecule has 1 fully saturated rings. The number of H-pyrrole nitrogens is 1. The number of hydrogen-bond donors (Lipinski definition) is 7. The fourth-order valence-corrected chi connectivity index (χ4v) is 4.34. The van der Waals surface area contributed by atoms with Crippen molar-refractivity contribution in [2.75, 3.05) is 13.2 Å². The summed E-state index contributed by atoms with van der Waals surface area (Å²) in [5, 5.41) is 59.3. The summed E-state index contributed by atoms with van der Waals surface area (Å²) in [5.74, 6) is 0.221. The van der Waals surface area contributed by atoms with Gasteiger partial charge in [0, 0.05) is 24.1 Å². The third kappa shape index (κ3) is 7.52. The van der Waals surface area contributed by atoms with Gasteiger partial charge in [0.15, 0.2) is 0 Å². The van der Waals surface area contributed by atoms with Crippen LogP contribution in [0.1, 0.15) is 68.8 Å². The van der Waals surface area contributed by atoms with Crippen molar-refractivity contribution in [1.82, 2.24) is 15.5 Å². The Morgan fingerprint density at radius 3 is 2.37 bits per heavy atom. The van der Waals surface area contributed by atoms with Crippen molar-refractivity contribution in [2.24, 2.45) is 0 Å². The lowest BCUT2D eigenvalue weighted by molar-refractivity contribution is -0.278. The molecule has 0 saturated carbocycles. The number of rotatable bonds is 12. The van der Waals surface area contributed by atoms with Crippen LogP contribution in [-0.2, 0) is 22.4 Å². The molecule has 5 atom stereocenters. The fourth-order valence-electron chi connectivity index (χ4n) is 4.34. The molecule has 2 aromatic rings. The van der Waals surface area contributed by atoms with E-state index in [-0.39, 0.29) is 24.3 Å². The second-order valence-electron chi connectivity index (χ2n) is 10.8. The van der Waals surface area contributed by atoms with Gasteiger partial charge in [-0.25, -0.2) is 0 Å². The lowest BCUT2D eigenvalue weighted by Gasteiger charge is -2.39. The Balaban J connectivity index is 1.65. The maximum absolute atomic E-state index is 12.1. The highest BCUT2D eigenvalue weighted by Crippen LogP contribution is 2.31. The maximum atomic E-state index is 12.1. The highest BCUT2D eigenvalue weighted by Gasteiger charge is 2.45. The summed E-state index contributed by atoms with van der Waals surface area (Å²) in [7, 11) is 0. The number of aliphatic hydroxyl groups is 5. The molecular weight excluding hydrogens is 494 g/mol. The van der Waals surface area contributed by atoms with Crippen molar-refractivity contribution in [2.45, 2.75) is 95.5 Å². The molecule has 7 N–H and O–H groups in total. The second kappa shape index (κ2) is 13.0. The van der Waals surface area contributed by atoms with Crippen molar-refractivity contribution in [1.29, 1.82) is 0 Å². The van der Waals surface area contributed by atoms with Crippen LogP contribution in [0, 0.1) is 0 Å². The number of nitrogens with zero attached hydrogens (tertiary/aromatic N) is 1. The van der Waals surface area contributed by atoms with Gasteiger partial charge in [-0.3, -0.25) is 9.89 Å². The summed E-state index contributed by atoms with van der Waals surface area (Å²) >= 11 is 0. The van der Waals surface area contributed by atoms with Gasteiger partial charge >= 0.3 is 0 Å². The monoisotopic (exact) mass is 535 g/mol. The molecule has 0 unspecified atom stereocenters. The smallest absolute Gasteiger partial charge is 0.238 e. The zero-order chi connectivity index (χ0) is 28.0. The predicted molar refractivity (Wildman–Crippen MR) is 139 cm³/mol. The van der Waals surface area contributed by atoms with Crippen molar-refractivity contribution in [3.63, 3.8) is 0 Å². The first-order chi connectivity index (χ1) is 18.0. The first-order valence-corrected chi connectivity index (χ1v) is 13.0. The van der Waals surface area contributed by atoms with Crippen LogP contribution in [0.4, 0.5) is 0 Å². The number of aromatic amines is 1. The van der Waals surface area contributed by atoms with Crippen LogP contribution >= 0.6 is 0 Å². The molecule has 1 aromatic heterocycles. The quantitative estimate of drug-likeness (QED) is 0.204. The van der Waals surface area contributed by atoms with E-state index in [0.717, 1.165) is 28.8 Å². The Hall–Kier alpha value is -2.54. The average molecular weight is 536 g/mol. The van der Waals surface area contributed by atoms with E-state index in [1.54, 1.807) is 13.8 Å². The van der Waals surface area contributed by atoms with Gasteiger partial charge in [-0.1, -0.05) is 38.1 Å². The van der Waals surface area contributed by atoms with E-state index in [9.17, 15) is 30.3 Å². The van der Waals surface area contributed by atoms with Gasteiger partial charge in [-0.05, 0) is 43.7 Å². The van der Waals surface area contributed by atoms with Crippen LogP contribution in [0.3, 0.4) is 0 Å². The lowest BCUT2D eigenvalue weighted by Crippen LogP contribution is -2.60. The van der Waals surface area contributed by atoms with Crippen LogP contribution in [0.15, 0.2) is 24.3 Å². The van der Waals surface area contributed by atoms with Crippen molar-refractivity contribution < 1.29 is 39.8 Å². The van der Waals surface area contributed by atoms with Crippen LogP contribution in [0.2, 0.25) is 0 Å². The number of carbonyl (C=O) groups excluding carboxylic acids is 1. The largest absolute Gasteiger partial charge is 0.443 e. The van der Waals surface area contributed by atoms with Gasteiger partial charge in [0.25, 0.3) is 0 Å². The molecule has 0 radical (unpaired) electrons. The van der Waals surface area contributed by atoms with Gasteiger partial charge < -0.3 is 40.3 Å². The summed E-state index contributed by atoms with van der Waals surface area (Å²) in [6.45, 7) is 6.90. The zero-order valence-electron chi connectivity index (χ0n) is 22.4. The van der Waals surface area contributed by atoms with Gasteiger partial charge in [0.1, 0.15) is 24.4 Å². The third-order valence-corrected chi connectivity index (χ3v) is 6.66. The summed E-state index contributed by atoms with van der Waals surface area (Å²) < 4.78 is 11.3. The molecule has 1 aliphatic rings. The van der Waals surface area contributed by atoms with E-state index in [2.05, 4.69) is 15.5 Å². The molecule has 0 bridgehead atoms. The minimum Gasteiger partial charge on any atom is -0.443 e. The molecule has 2 heterocycles. The molecule has 11 nitrogen and oxygen atoms in total. The molecule has 38 heavy (non-hydrogen) atoms. The maximum Gasteiger partial charge on any atom is 0.238 e. The topological polar surface area (TPSA) is 177 Å². The zero-order valence-corrected chi connectivity index (χ0v) is 22.4. The standard InChI is InChI=1S/C27H41N3O8/c1-15(2)21-18(25(30-29-21)38-26-24(36)23(35)22(34)19(13-31)37-26)12-17-10-8-16(9-11-17)6-5-7-20(33)28-27(3,4)14-32/h8-11,15,19,22-24,26,31-32,34-36H,5-7,12-14H2,1-4H3,(H,28,33)(H,29,30)/t19-,22+,23+,24-,26+/m1/s1. The minimum atomic E-state index is -1.54. The van der Waals surface area contributed by atoms with E-state index >= 15 is 0 Å². The SMILES string of the molecule is CC(C)c1[nH]nc(O[C@@H]2O[C@H](CO)[C@H](O)[C@H](O)[C@H]2O)c1Cc1ccc(CCCC(=O)NC(C)(C)CO)cc1. The first kappa shape index (κ1) is 30.0. The molecule has 0 spiro atoms. The number of aromatic nitrogens is 2. The van der Waals surface area contributed by atoms with Gasteiger partial charge in [0.05, 0.1) is 18.8 Å². The number of benzene rings is 1. The van der Waals surface area contributed by atoms with Crippen LogP contribution in [-0.4, -0.2) is 91.1 Å². The lowest BCUT2D eigenvalue weighted by atomic mass is 9.97. The first-order valence-electron chi connectivity index (χ1n) is 13.0. The highest BCUT2D eigenvalue weighted by atomic mass is 16.7. The summed E-state index contributed by atoms with van der Waals surface area (Å²) in [5.41, 5.74) is 3.08. The number of hydrogen-bond acceptors (Lipinski definition) is 9. The van der Waals surface area contributed by atoms with Gasteiger partial charge in [0.2, 0.25) is 18.1 Å². The Labute approximate surface area is 222 Å².